The van der Waals surface area contributed by atoms with E-state index in [1.807, 2.05) is 18.2 Å². The molecular formula is C21H25N3. The molecule has 0 bridgehead atoms. The van der Waals surface area contributed by atoms with Crippen LogP contribution in [0.1, 0.15) is 35.1 Å². The van der Waals surface area contributed by atoms with Crippen molar-refractivity contribution >= 4 is 0 Å². The van der Waals surface area contributed by atoms with E-state index in [0.717, 1.165) is 31.7 Å². The van der Waals surface area contributed by atoms with Crippen molar-refractivity contribution in [3.8, 4) is 6.07 Å². The summed E-state index contributed by atoms with van der Waals surface area (Å²) in [6.07, 6.45) is 2.37. The predicted molar refractivity (Wildman–Crippen MR) is 97.5 cm³/mol. The molecule has 0 aromatic heterocycles. The molecule has 1 saturated heterocycles. The highest BCUT2D eigenvalue weighted by Crippen LogP contribution is 2.16. The van der Waals surface area contributed by atoms with E-state index in [-0.39, 0.29) is 0 Å². The molecular weight excluding hydrogens is 294 g/mol. The van der Waals surface area contributed by atoms with Crippen LogP contribution in [0.25, 0.3) is 0 Å². The van der Waals surface area contributed by atoms with Gasteiger partial charge in [0.05, 0.1) is 11.6 Å². The Kier molecular flexibility index (Phi) is 5.63. The second kappa shape index (κ2) is 8.10. The fourth-order valence-corrected chi connectivity index (χ4v) is 3.34. The van der Waals surface area contributed by atoms with E-state index in [0.29, 0.717) is 6.04 Å². The van der Waals surface area contributed by atoms with Crippen LogP contribution >= 0.6 is 0 Å². The zero-order valence-electron chi connectivity index (χ0n) is 14.3. The van der Waals surface area contributed by atoms with Gasteiger partial charge < -0.3 is 5.32 Å². The average molecular weight is 319 g/mol. The van der Waals surface area contributed by atoms with Gasteiger partial charge in [0.25, 0.3) is 0 Å². The molecule has 1 aliphatic rings. The maximum Gasteiger partial charge on any atom is 0.0991 e. The monoisotopic (exact) mass is 319 g/mol. The number of nitrogens with zero attached hydrogens (tertiary/aromatic N) is 2. The fraction of sp³-hybridized carbons (Fsp3) is 0.381. The van der Waals surface area contributed by atoms with Gasteiger partial charge in [-0.25, -0.2) is 0 Å². The lowest BCUT2D eigenvalue weighted by Crippen LogP contribution is -2.41. The number of hydrogen-bond acceptors (Lipinski definition) is 3. The van der Waals surface area contributed by atoms with Crippen molar-refractivity contribution in [3.05, 3.63) is 70.8 Å². The first-order chi connectivity index (χ1) is 11.7. The van der Waals surface area contributed by atoms with Crippen molar-refractivity contribution in [2.45, 2.75) is 38.9 Å². The Hall–Kier alpha value is -2.15. The topological polar surface area (TPSA) is 39.1 Å². The summed E-state index contributed by atoms with van der Waals surface area (Å²) in [6, 6.07) is 19.3. The maximum atomic E-state index is 8.97. The van der Waals surface area contributed by atoms with Gasteiger partial charge in [0.15, 0.2) is 0 Å². The normalized spacial score (nSPS) is 16.0. The van der Waals surface area contributed by atoms with Gasteiger partial charge in [-0.2, -0.15) is 5.26 Å². The summed E-state index contributed by atoms with van der Waals surface area (Å²) >= 11 is 0. The molecule has 2 aromatic carbocycles. The van der Waals surface area contributed by atoms with E-state index in [2.05, 4.69) is 53.5 Å². The van der Waals surface area contributed by atoms with E-state index in [1.54, 1.807) is 0 Å². The van der Waals surface area contributed by atoms with Crippen LogP contribution in [0, 0.1) is 18.3 Å². The predicted octanol–water partition coefficient (Wildman–Crippen LogP) is 3.62. The first-order valence-electron chi connectivity index (χ1n) is 8.74. The van der Waals surface area contributed by atoms with Crippen LogP contribution in [-0.2, 0) is 13.1 Å². The summed E-state index contributed by atoms with van der Waals surface area (Å²) < 4.78 is 0. The second-order valence-corrected chi connectivity index (χ2v) is 6.67. The van der Waals surface area contributed by atoms with Gasteiger partial charge in [0.1, 0.15) is 0 Å². The summed E-state index contributed by atoms with van der Waals surface area (Å²) in [6.45, 7) is 6.38. The number of rotatable bonds is 5. The second-order valence-electron chi connectivity index (χ2n) is 6.67. The number of nitrogens with one attached hydrogen (secondary N) is 1. The van der Waals surface area contributed by atoms with Gasteiger partial charge in [0.2, 0.25) is 0 Å². The van der Waals surface area contributed by atoms with E-state index in [9.17, 15) is 0 Å². The minimum absolute atomic E-state index is 0.573. The molecule has 0 aliphatic carbocycles. The molecule has 0 amide bonds. The molecule has 0 saturated carbocycles. The largest absolute Gasteiger partial charge is 0.310 e. The van der Waals surface area contributed by atoms with Gasteiger partial charge in [-0.05, 0) is 61.7 Å². The lowest BCUT2D eigenvalue weighted by Gasteiger charge is -2.32. The molecule has 0 radical (unpaired) electrons. The molecule has 1 heterocycles. The van der Waals surface area contributed by atoms with Crippen molar-refractivity contribution in [3.63, 3.8) is 0 Å². The van der Waals surface area contributed by atoms with Crippen molar-refractivity contribution < 1.29 is 0 Å². The summed E-state index contributed by atoms with van der Waals surface area (Å²) in [5.74, 6) is 0. The third-order valence-corrected chi connectivity index (χ3v) is 4.89. The Labute approximate surface area is 144 Å². The van der Waals surface area contributed by atoms with E-state index < -0.39 is 0 Å². The quantitative estimate of drug-likeness (QED) is 0.915. The minimum atomic E-state index is 0.573. The SMILES string of the molecule is Cc1ccccc1CN1CCC(NCc2cccc(C#N)c2)CC1. The molecule has 1 fully saturated rings. The molecule has 24 heavy (non-hydrogen) atoms. The average Bonchev–Trinajstić information content (AvgIpc) is 2.63. The third-order valence-electron chi connectivity index (χ3n) is 4.89. The molecule has 1 aliphatic heterocycles. The third kappa shape index (κ3) is 4.44. The molecule has 3 nitrogen and oxygen atoms in total. The van der Waals surface area contributed by atoms with Crippen molar-refractivity contribution in [1.29, 1.82) is 5.26 Å². The van der Waals surface area contributed by atoms with Gasteiger partial charge in [-0.3, -0.25) is 4.90 Å². The lowest BCUT2D eigenvalue weighted by atomic mass is 10.0. The molecule has 0 unspecified atom stereocenters. The van der Waals surface area contributed by atoms with Crippen LogP contribution in [0.2, 0.25) is 0 Å². The Bertz CT molecular complexity index is 709. The van der Waals surface area contributed by atoms with Crippen LogP contribution < -0.4 is 5.32 Å². The zero-order chi connectivity index (χ0) is 16.8. The molecule has 3 rings (SSSR count). The van der Waals surface area contributed by atoms with Crippen LogP contribution in [0.4, 0.5) is 0 Å². The number of hydrogen-bond donors (Lipinski definition) is 1. The molecule has 3 heteroatoms. The van der Waals surface area contributed by atoms with Crippen molar-refractivity contribution in [2.75, 3.05) is 13.1 Å². The number of piperidine rings is 1. The van der Waals surface area contributed by atoms with Crippen LogP contribution in [0.5, 0.6) is 0 Å². The summed E-state index contributed by atoms with van der Waals surface area (Å²) in [5, 5.41) is 12.6. The van der Waals surface area contributed by atoms with Gasteiger partial charge >= 0.3 is 0 Å². The summed E-state index contributed by atoms with van der Waals surface area (Å²) in [7, 11) is 0. The Morgan fingerprint density at radius 1 is 1.12 bits per heavy atom. The van der Waals surface area contributed by atoms with Crippen LogP contribution in [-0.4, -0.2) is 24.0 Å². The smallest absolute Gasteiger partial charge is 0.0991 e. The fourth-order valence-electron chi connectivity index (χ4n) is 3.34. The number of nitriles is 1. The highest BCUT2D eigenvalue weighted by molar-refractivity contribution is 5.32. The number of benzene rings is 2. The van der Waals surface area contributed by atoms with Gasteiger partial charge in [-0.1, -0.05) is 36.4 Å². The maximum absolute atomic E-state index is 8.97. The van der Waals surface area contributed by atoms with Crippen LogP contribution in [0.3, 0.4) is 0 Å². The highest BCUT2D eigenvalue weighted by Gasteiger charge is 2.19. The van der Waals surface area contributed by atoms with Gasteiger partial charge in [-0.15, -0.1) is 0 Å². The number of aryl methyl sites for hydroxylation is 1. The Balaban J connectivity index is 1.45. The first kappa shape index (κ1) is 16.7. The first-order valence-corrected chi connectivity index (χ1v) is 8.74. The van der Waals surface area contributed by atoms with E-state index >= 15 is 0 Å². The van der Waals surface area contributed by atoms with Crippen LogP contribution in [0.15, 0.2) is 48.5 Å². The van der Waals surface area contributed by atoms with Crippen molar-refractivity contribution in [1.82, 2.24) is 10.2 Å². The minimum Gasteiger partial charge on any atom is -0.310 e. The van der Waals surface area contributed by atoms with E-state index in [4.69, 9.17) is 5.26 Å². The molecule has 124 valence electrons. The molecule has 1 N–H and O–H groups in total. The Morgan fingerprint density at radius 3 is 2.67 bits per heavy atom. The zero-order valence-corrected chi connectivity index (χ0v) is 14.3. The highest BCUT2D eigenvalue weighted by atomic mass is 15.1. The molecule has 0 spiro atoms. The lowest BCUT2D eigenvalue weighted by molar-refractivity contribution is 0.190. The van der Waals surface area contributed by atoms with E-state index in [1.165, 1.54) is 29.5 Å². The molecule has 0 atom stereocenters. The standard InChI is InChI=1S/C21H25N3/c1-17-5-2-3-8-20(17)16-24-11-9-21(10-12-24)23-15-19-7-4-6-18(13-19)14-22/h2-8,13,21,23H,9-12,15-16H2,1H3. The van der Waals surface area contributed by atoms with Crippen molar-refractivity contribution in [2.24, 2.45) is 0 Å². The number of likely N-dealkylation sites (tertiary alicyclic amines) is 1. The summed E-state index contributed by atoms with van der Waals surface area (Å²) in [5.41, 5.74) is 4.76. The Morgan fingerprint density at radius 2 is 1.92 bits per heavy atom. The van der Waals surface area contributed by atoms with Gasteiger partial charge in [0, 0.05) is 19.1 Å². The molecule has 2 aromatic rings. The summed E-state index contributed by atoms with van der Waals surface area (Å²) in [4.78, 5) is 2.55.